The second-order valence-corrected chi connectivity index (χ2v) is 3.68. The standard InChI is InChI=1S/C6H8N4OS/c7-6(1-2-6)5(11)9-4-3-8-10-12-4/h3H,1-2,7H2,(H,9,11). The Labute approximate surface area is 73.1 Å². The average Bonchev–Trinajstić information content (AvgIpc) is 2.63. The highest BCUT2D eigenvalue weighted by molar-refractivity contribution is 7.10. The van der Waals surface area contributed by atoms with Gasteiger partial charge in [0.05, 0.1) is 11.7 Å². The van der Waals surface area contributed by atoms with E-state index in [1.807, 2.05) is 0 Å². The number of aromatic nitrogens is 2. The van der Waals surface area contributed by atoms with E-state index >= 15 is 0 Å². The van der Waals surface area contributed by atoms with E-state index in [-0.39, 0.29) is 5.91 Å². The van der Waals surface area contributed by atoms with Gasteiger partial charge in [-0.05, 0) is 12.8 Å². The normalized spacial score (nSPS) is 18.8. The maximum atomic E-state index is 11.3. The fraction of sp³-hybridized carbons (Fsp3) is 0.500. The highest BCUT2D eigenvalue weighted by Crippen LogP contribution is 2.33. The van der Waals surface area contributed by atoms with Gasteiger partial charge in [-0.3, -0.25) is 4.79 Å². The Morgan fingerprint density at radius 1 is 1.75 bits per heavy atom. The minimum Gasteiger partial charge on any atom is -0.317 e. The van der Waals surface area contributed by atoms with Crippen LogP contribution in [0.25, 0.3) is 0 Å². The Morgan fingerprint density at radius 2 is 2.50 bits per heavy atom. The van der Waals surface area contributed by atoms with Gasteiger partial charge >= 0.3 is 0 Å². The Kier molecular flexibility index (Phi) is 1.59. The van der Waals surface area contributed by atoms with E-state index in [1.165, 1.54) is 6.20 Å². The molecule has 0 unspecified atom stereocenters. The van der Waals surface area contributed by atoms with E-state index in [0.29, 0.717) is 5.00 Å². The van der Waals surface area contributed by atoms with Gasteiger partial charge in [-0.2, -0.15) is 0 Å². The van der Waals surface area contributed by atoms with Crippen molar-refractivity contribution in [2.75, 3.05) is 5.32 Å². The van der Waals surface area contributed by atoms with Crippen LogP contribution in [0.1, 0.15) is 12.8 Å². The van der Waals surface area contributed by atoms with E-state index in [1.54, 1.807) is 0 Å². The van der Waals surface area contributed by atoms with Crippen molar-refractivity contribution in [1.29, 1.82) is 0 Å². The number of nitrogens with zero attached hydrogens (tertiary/aromatic N) is 2. The lowest BCUT2D eigenvalue weighted by molar-refractivity contribution is -0.118. The van der Waals surface area contributed by atoms with Gasteiger partial charge in [0.1, 0.15) is 5.00 Å². The van der Waals surface area contributed by atoms with Crippen LogP contribution in [0, 0.1) is 0 Å². The van der Waals surface area contributed by atoms with E-state index < -0.39 is 5.54 Å². The van der Waals surface area contributed by atoms with Crippen LogP contribution in [-0.4, -0.2) is 21.0 Å². The van der Waals surface area contributed by atoms with Crippen molar-refractivity contribution in [2.24, 2.45) is 5.73 Å². The molecule has 0 bridgehead atoms. The number of hydrogen-bond acceptors (Lipinski definition) is 5. The average molecular weight is 184 g/mol. The number of carbonyl (C=O) groups is 1. The Balaban J connectivity index is 2.00. The van der Waals surface area contributed by atoms with Crippen LogP contribution in [0.4, 0.5) is 5.00 Å². The monoisotopic (exact) mass is 184 g/mol. The van der Waals surface area contributed by atoms with E-state index in [9.17, 15) is 4.79 Å². The zero-order valence-corrected chi connectivity index (χ0v) is 7.10. The van der Waals surface area contributed by atoms with Gasteiger partial charge in [0, 0.05) is 11.5 Å². The van der Waals surface area contributed by atoms with Gasteiger partial charge in [0.2, 0.25) is 5.91 Å². The molecule has 3 N–H and O–H groups in total. The molecule has 1 aliphatic carbocycles. The molecule has 5 nitrogen and oxygen atoms in total. The molecule has 0 atom stereocenters. The molecule has 1 fully saturated rings. The molecule has 1 aliphatic rings. The number of rotatable bonds is 2. The summed E-state index contributed by atoms with van der Waals surface area (Å²) in [7, 11) is 0. The zero-order chi connectivity index (χ0) is 8.60. The van der Waals surface area contributed by atoms with Gasteiger partial charge in [0.15, 0.2) is 0 Å². The predicted octanol–water partition coefficient (Wildman–Crippen LogP) is -0.0321. The number of anilines is 1. The van der Waals surface area contributed by atoms with Crippen LogP contribution >= 0.6 is 11.5 Å². The second-order valence-electron chi connectivity index (χ2n) is 2.89. The Hall–Kier alpha value is -1.01. The third-order valence-electron chi connectivity index (χ3n) is 1.84. The second kappa shape index (κ2) is 2.49. The lowest BCUT2D eigenvalue weighted by atomic mass is 10.3. The molecule has 1 amide bonds. The molecule has 6 heteroatoms. The number of carbonyl (C=O) groups excluding carboxylic acids is 1. The highest BCUT2D eigenvalue weighted by Gasteiger charge is 2.46. The number of hydrogen-bond donors (Lipinski definition) is 2. The van der Waals surface area contributed by atoms with Crippen molar-refractivity contribution in [3.63, 3.8) is 0 Å². The molecule has 12 heavy (non-hydrogen) atoms. The maximum absolute atomic E-state index is 11.3. The first kappa shape index (κ1) is 7.63. The van der Waals surface area contributed by atoms with Crippen LogP contribution in [0.15, 0.2) is 6.20 Å². The summed E-state index contributed by atoms with van der Waals surface area (Å²) >= 11 is 1.15. The van der Waals surface area contributed by atoms with Gasteiger partial charge < -0.3 is 11.1 Å². The first-order valence-electron chi connectivity index (χ1n) is 3.58. The molecule has 0 aliphatic heterocycles. The fourth-order valence-electron chi connectivity index (χ4n) is 0.820. The Bertz CT molecular complexity index is 293. The summed E-state index contributed by atoms with van der Waals surface area (Å²) < 4.78 is 3.61. The topological polar surface area (TPSA) is 80.9 Å². The summed E-state index contributed by atoms with van der Waals surface area (Å²) in [5.74, 6) is -0.131. The van der Waals surface area contributed by atoms with Crippen molar-refractivity contribution >= 4 is 22.4 Å². The number of nitrogens with two attached hydrogens (primary N) is 1. The number of nitrogens with one attached hydrogen (secondary N) is 1. The molecule has 0 radical (unpaired) electrons. The van der Waals surface area contributed by atoms with Crippen LogP contribution in [0.5, 0.6) is 0 Å². The largest absolute Gasteiger partial charge is 0.317 e. The minimum absolute atomic E-state index is 0.131. The van der Waals surface area contributed by atoms with Crippen molar-refractivity contribution in [3.05, 3.63) is 6.20 Å². The first-order valence-corrected chi connectivity index (χ1v) is 4.36. The van der Waals surface area contributed by atoms with Crippen molar-refractivity contribution in [1.82, 2.24) is 9.59 Å². The summed E-state index contributed by atoms with van der Waals surface area (Å²) in [6.45, 7) is 0. The van der Waals surface area contributed by atoms with Crippen LogP contribution < -0.4 is 11.1 Å². The molecule has 1 heterocycles. The van der Waals surface area contributed by atoms with E-state index in [2.05, 4.69) is 14.9 Å². The molecule has 1 aromatic heterocycles. The summed E-state index contributed by atoms with van der Waals surface area (Å²) in [5.41, 5.74) is 5.04. The van der Waals surface area contributed by atoms with E-state index in [4.69, 9.17) is 5.73 Å². The van der Waals surface area contributed by atoms with Crippen LogP contribution in [0.3, 0.4) is 0 Å². The Morgan fingerprint density at radius 3 is 3.00 bits per heavy atom. The van der Waals surface area contributed by atoms with Crippen LogP contribution in [0.2, 0.25) is 0 Å². The molecule has 0 aromatic carbocycles. The van der Waals surface area contributed by atoms with Gasteiger partial charge in [-0.1, -0.05) is 4.49 Å². The predicted molar refractivity (Wildman–Crippen MR) is 44.7 cm³/mol. The number of amides is 1. The highest BCUT2D eigenvalue weighted by atomic mass is 32.1. The molecule has 2 rings (SSSR count). The van der Waals surface area contributed by atoms with Crippen molar-refractivity contribution in [3.8, 4) is 0 Å². The molecule has 1 saturated carbocycles. The van der Waals surface area contributed by atoms with Crippen molar-refractivity contribution < 1.29 is 4.79 Å². The van der Waals surface area contributed by atoms with Gasteiger partial charge in [-0.25, -0.2) is 0 Å². The van der Waals surface area contributed by atoms with Crippen molar-refractivity contribution in [2.45, 2.75) is 18.4 Å². The molecule has 0 spiro atoms. The maximum Gasteiger partial charge on any atom is 0.245 e. The van der Waals surface area contributed by atoms with E-state index in [0.717, 1.165) is 24.4 Å². The summed E-state index contributed by atoms with van der Waals surface area (Å²) in [6.07, 6.45) is 3.05. The minimum atomic E-state index is -0.621. The first-order chi connectivity index (χ1) is 5.71. The van der Waals surface area contributed by atoms with Gasteiger partial charge in [-0.15, -0.1) is 5.10 Å². The lowest BCUT2D eigenvalue weighted by Crippen LogP contribution is -2.37. The smallest absolute Gasteiger partial charge is 0.245 e. The zero-order valence-electron chi connectivity index (χ0n) is 6.28. The summed E-state index contributed by atoms with van der Waals surface area (Å²) in [4.78, 5) is 11.3. The quantitative estimate of drug-likeness (QED) is 0.676. The summed E-state index contributed by atoms with van der Waals surface area (Å²) in [5, 5.41) is 6.89. The molecule has 64 valence electrons. The van der Waals surface area contributed by atoms with Crippen LogP contribution in [-0.2, 0) is 4.79 Å². The third kappa shape index (κ3) is 1.30. The third-order valence-corrected chi connectivity index (χ3v) is 2.42. The van der Waals surface area contributed by atoms with Gasteiger partial charge in [0.25, 0.3) is 0 Å². The summed E-state index contributed by atoms with van der Waals surface area (Å²) in [6, 6.07) is 0. The molecule has 1 aromatic rings. The lowest BCUT2D eigenvalue weighted by Gasteiger charge is -2.06. The molecule has 0 saturated heterocycles. The fourth-order valence-corrected chi connectivity index (χ4v) is 1.24. The molecular weight excluding hydrogens is 176 g/mol. The SMILES string of the molecule is NC1(C(=O)Nc2cnns2)CC1. The molecular formula is C6H8N4OS.